The number of anilines is 1. The molecule has 0 radical (unpaired) electrons. The molecule has 0 N–H and O–H groups in total. The first kappa shape index (κ1) is 26.8. The van der Waals surface area contributed by atoms with E-state index in [1.807, 2.05) is 18.2 Å². The van der Waals surface area contributed by atoms with Crippen molar-refractivity contribution < 1.29 is 17.5 Å². The van der Waals surface area contributed by atoms with Gasteiger partial charge in [0.2, 0.25) is 0 Å². The molecule has 1 fully saturated rings. The number of piperazine rings is 1. The van der Waals surface area contributed by atoms with Crippen molar-refractivity contribution in [2.75, 3.05) is 50.5 Å². The van der Waals surface area contributed by atoms with E-state index in [1.54, 1.807) is 7.11 Å². The minimum absolute atomic E-state index is 0. The topological polar surface area (TPSA) is 49.9 Å². The molecule has 0 atom stereocenters. The Hall–Kier alpha value is -1.25. The predicted molar refractivity (Wildman–Crippen MR) is 124 cm³/mol. The van der Waals surface area contributed by atoms with Crippen LogP contribution < -0.4 is 9.64 Å². The van der Waals surface area contributed by atoms with Gasteiger partial charge in [0.25, 0.3) is 0 Å². The van der Waals surface area contributed by atoms with Crippen LogP contribution in [0, 0.1) is 5.82 Å². The van der Waals surface area contributed by atoms with Crippen molar-refractivity contribution in [1.82, 2.24) is 4.90 Å². The quantitative estimate of drug-likeness (QED) is 0.531. The zero-order valence-corrected chi connectivity index (χ0v) is 19.8. The van der Waals surface area contributed by atoms with Gasteiger partial charge >= 0.3 is 0 Å². The summed E-state index contributed by atoms with van der Waals surface area (Å²) in [7, 11) is -1.77. The summed E-state index contributed by atoms with van der Waals surface area (Å²) in [5.41, 5.74) is 0.980. The molecule has 2 aromatic carbocycles. The second-order valence-corrected chi connectivity index (χ2v) is 9.26. The lowest BCUT2D eigenvalue weighted by Gasteiger charge is -2.36. The second-order valence-electron chi connectivity index (χ2n) is 6.75. The maximum absolute atomic E-state index is 13.0. The number of methoxy groups -OCH3 is 1. The number of halogens is 4. The zero-order valence-electron chi connectivity index (χ0n) is 16.6. The molecule has 1 saturated heterocycles. The number of ether oxygens (including phenoxy) is 1. The molecule has 0 unspecified atom stereocenters. The van der Waals surface area contributed by atoms with E-state index in [1.165, 1.54) is 24.3 Å². The molecule has 0 saturated carbocycles. The fraction of sp³-hybridized carbons (Fsp3) is 0.400. The first-order chi connectivity index (χ1) is 13.4. The number of hydrogen-bond acceptors (Lipinski definition) is 5. The number of sulfone groups is 1. The van der Waals surface area contributed by atoms with E-state index in [2.05, 4.69) is 9.80 Å². The number of hydrogen-bond donors (Lipinski definition) is 0. The van der Waals surface area contributed by atoms with Crippen molar-refractivity contribution in [2.24, 2.45) is 0 Å². The fourth-order valence-electron chi connectivity index (χ4n) is 3.40. The molecule has 5 nitrogen and oxygen atoms in total. The Labute approximate surface area is 194 Å². The van der Waals surface area contributed by atoms with Crippen LogP contribution in [0.4, 0.5) is 10.1 Å². The standard InChI is InChI=1S/C20H24ClFN2O3S.2ClH/c1-27-20-18(21)4-2-5-19(20)24-13-11-23(12-14-24)10-3-15-28(25,26)17-8-6-16(22)7-9-17;;/h2,4-9H,3,10-15H2,1H3;2*1H. The summed E-state index contributed by atoms with van der Waals surface area (Å²) in [6, 6.07) is 10.7. The summed E-state index contributed by atoms with van der Waals surface area (Å²) < 4.78 is 43.1. The van der Waals surface area contributed by atoms with Crippen LogP contribution in [0.5, 0.6) is 5.75 Å². The summed E-state index contributed by atoms with van der Waals surface area (Å²) in [6.45, 7) is 4.03. The van der Waals surface area contributed by atoms with Crippen molar-refractivity contribution in [3.05, 3.63) is 53.3 Å². The number of nitrogens with zero attached hydrogens (tertiary/aromatic N) is 2. The molecule has 1 aliphatic heterocycles. The van der Waals surface area contributed by atoms with Gasteiger partial charge in [0, 0.05) is 26.2 Å². The smallest absolute Gasteiger partial charge is 0.178 e. The lowest BCUT2D eigenvalue weighted by Crippen LogP contribution is -2.47. The molecular formula is C20H26Cl3FN2O3S. The van der Waals surface area contributed by atoms with Gasteiger partial charge < -0.3 is 9.64 Å². The molecule has 1 aliphatic rings. The maximum Gasteiger partial charge on any atom is 0.178 e. The van der Waals surface area contributed by atoms with Crippen LogP contribution in [-0.4, -0.2) is 58.9 Å². The average molecular weight is 500 g/mol. The Morgan fingerprint density at radius 1 is 1.03 bits per heavy atom. The van der Waals surface area contributed by atoms with Crippen LogP contribution in [0.1, 0.15) is 6.42 Å². The molecule has 0 amide bonds. The summed E-state index contributed by atoms with van der Waals surface area (Å²) in [4.78, 5) is 4.66. The second kappa shape index (κ2) is 12.0. The molecular weight excluding hydrogens is 474 g/mol. The Kier molecular flexibility index (Phi) is 10.7. The molecule has 10 heteroatoms. The van der Waals surface area contributed by atoms with Gasteiger partial charge in [0.15, 0.2) is 15.6 Å². The third-order valence-electron chi connectivity index (χ3n) is 4.92. The minimum atomic E-state index is -3.38. The van der Waals surface area contributed by atoms with Gasteiger partial charge in [-0.05, 0) is 49.4 Å². The number of para-hydroxylation sites is 1. The van der Waals surface area contributed by atoms with Crippen LogP contribution in [-0.2, 0) is 9.84 Å². The normalized spacial score (nSPS) is 14.6. The highest BCUT2D eigenvalue weighted by atomic mass is 35.5. The van der Waals surface area contributed by atoms with E-state index in [4.69, 9.17) is 16.3 Å². The van der Waals surface area contributed by atoms with Crippen LogP contribution in [0.25, 0.3) is 0 Å². The van der Waals surface area contributed by atoms with Gasteiger partial charge in [-0.3, -0.25) is 4.90 Å². The van der Waals surface area contributed by atoms with Gasteiger partial charge in [0.1, 0.15) is 5.82 Å². The van der Waals surface area contributed by atoms with Gasteiger partial charge in [-0.25, -0.2) is 12.8 Å². The van der Waals surface area contributed by atoms with Gasteiger partial charge in [0.05, 0.1) is 28.5 Å². The molecule has 0 aromatic heterocycles. The number of rotatable bonds is 7. The fourth-order valence-corrected chi connectivity index (χ4v) is 4.94. The van der Waals surface area contributed by atoms with E-state index in [0.29, 0.717) is 23.7 Å². The van der Waals surface area contributed by atoms with Gasteiger partial charge in [-0.1, -0.05) is 17.7 Å². The first-order valence-corrected chi connectivity index (χ1v) is 11.2. The molecule has 30 heavy (non-hydrogen) atoms. The lowest BCUT2D eigenvalue weighted by molar-refractivity contribution is 0.258. The van der Waals surface area contributed by atoms with Crippen molar-refractivity contribution >= 4 is 51.9 Å². The van der Waals surface area contributed by atoms with E-state index in [-0.39, 0.29) is 35.5 Å². The number of benzene rings is 2. The monoisotopic (exact) mass is 498 g/mol. The first-order valence-electron chi connectivity index (χ1n) is 9.19. The van der Waals surface area contributed by atoms with Crippen molar-refractivity contribution in [1.29, 1.82) is 0 Å². The van der Waals surface area contributed by atoms with E-state index >= 15 is 0 Å². The predicted octanol–water partition coefficient (Wildman–Crippen LogP) is 4.32. The van der Waals surface area contributed by atoms with Crippen LogP contribution in [0.15, 0.2) is 47.4 Å². The molecule has 0 spiro atoms. The third-order valence-corrected chi connectivity index (χ3v) is 7.04. The Bertz CT molecular complexity index is 906. The third kappa shape index (κ3) is 6.62. The van der Waals surface area contributed by atoms with Crippen LogP contribution >= 0.6 is 36.4 Å². The summed E-state index contributed by atoms with van der Waals surface area (Å²) in [5.74, 6) is 0.303. The minimum Gasteiger partial charge on any atom is -0.493 e. The molecule has 0 aliphatic carbocycles. The highest BCUT2D eigenvalue weighted by Crippen LogP contribution is 2.35. The van der Waals surface area contributed by atoms with E-state index in [0.717, 1.165) is 31.9 Å². The average Bonchev–Trinajstić information content (AvgIpc) is 2.68. The van der Waals surface area contributed by atoms with Crippen molar-refractivity contribution in [3.8, 4) is 5.75 Å². The Morgan fingerprint density at radius 3 is 2.27 bits per heavy atom. The molecule has 3 rings (SSSR count). The molecule has 1 heterocycles. The maximum atomic E-state index is 13.0. The summed E-state index contributed by atoms with van der Waals surface area (Å²) >= 11 is 6.21. The lowest BCUT2D eigenvalue weighted by atomic mass is 10.2. The van der Waals surface area contributed by atoms with E-state index < -0.39 is 15.7 Å². The van der Waals surface area contributed by atoms with E-state index in [9.17, 15) is 12.8 Å². The summed E-state index contributed by atoms with van der Waals surface area (Å²) in [6.07, 6.45) is 0.542. The summed E-state index contributed by atoms with van der Waals surface area (Å²) in [5, 5.41) is 0.591. The van der Waals surface area contributed by atoms with Gasteiger partial charge in [-0.2, -0.15) is 0 Å². The highest BCUT2D eigenvalue weighted by Gasteiger charge is 2.21. The SMILES string of the molecule is COc1c(Cl)cccc1N1CCN(CCCS(=O)(=O)c2ccc(F)cc2)CC1.Cl.Cl. The largest absolute Gasteiger partial charge is 0.493 e. The molecule has 168 valence electrons. The highest BCUT2D eigenvalue weighted by molar-refractivity contribution is 7.91. The zero-order chi connectivity index (χ0) is 20.1. The molecule has 2 aromatic rings. The molecule has 0 bridgehead atoms. The van der Waals surface area contributed by atoms with Crippen LogP contribution in [0.2, 0.25) is 5.02 Å². The Balaban J connectivity index is 0.00000225. The van der Waals surface area contributed by atoms with Crippen molar-refractivity contribution in [3.63, 3.8) is 0 Å². The Morgan fingerprint density at radius 2 is 1.67 bits per heavy atom. The van der Waals surface area contributed by atoms with Crippen LogP contribution in [0.3, 0.4) is 0 Å². The van der Waals surface area contributed by atoms with Gasteiger partial charge in [-0.15, -0.1) is 24.8 Å². The van der Waals surface area contributed by atoms with Crippen molar-refractivity contribution in [2.45, 2.75) is 11.3 Å².